The van der Waals surface area contributed by atoms with Crippen LogP contribution in [0.4, 0.5) is 0 Å². The van der Waals surface area contributed by atoms with E-state index in [1.165, 1.54) is 10.6 Å². The van der Waals surface area contributed by atoms with Crippen LogP contribution in [0.2, 0.25) is 0 Å². The first-order valence-electron chi connectivity index (χ1n) is 3.86. The van der Waals surface area contributed by atoms with Gasteiger partial charge in [-0.2, -0.15) is 0 Å². The monoisotopic (exact) mass is 303 g/mol. The van der Waals surface area contributed by atoms with Crippen LogP contribution in [0.1, 0.15) is 0 Å². The van der Waals surface area contributed by atoms with E-state index in [1.807, 2.05) is 6.07 Å². The summed E-state index contributed by atoms with van der Waals surface area (Å²) in [6.45, 7) is 0. The Labute approximate surface area is 99.1 Å². The van der Waals surface area contributed by atoms with Gasteiger partial charge in [-0.05, 0) is 17.5 Å². The topological polar surface area (TPSA) is 3.88 Å². The first-order chi connectivity index (χ1) is 5.88. The molecule has 0 saturated heterocycles. The summed E-state index contributed by atoms with van der Waals surface area (Å²) >= 11 is 1.77. The number of rotatable bonds is 1. The number of thiophene rings is 1. The smallest absolute Gasteiger partial charge is 0.222 e. The quantitative estimate of drug-likeness (QED) is 0.482. The Bertz CT molecular complexity index is 370. The van der Waals surface area contributed by atoms with Gasteiger partial charge in [0.15, 0.2) is 6.20 Å². The second kappa shape index (κ2) is 4.72. The van der Waals surface area contributed by atoms with E-state index in [2.05, 4.69) is 47.5 Å². The molecule has 1 nitrogen and oxygen atoms in total. The number of nitrogens with zero attached hydrogens (tertiary/aromatic N) is 1. The summed E-state index contributed by atoms with van der Waals surface area (Å²) in [5, 5.41) is 2.10. The predicted molar refractivity (Wildman–Crippen MR) is 50.9 cm³/mol. The Morgan fingerprint density at radius 1 is 1.15 bits per heavy atom. The molecule has 2 aromatic heterocycles. The van der Waals surface area contributed by atoms with Crippen molar-refractivity contribution in [3.05, 3.63) is 41.9 Å². The fraction of sp³-hybridized carbons (Fsp3) is 0.100. The normalized spacial score (nSPS) is 9.31. The van der Waals surface area contributed by atoms with Crippen LogP contribution in [0.15, 0.2) is 41.9 Å². The van der Waals surface area contributed by atoms with Crippen molar-refractivity contribution in [2.75, 3.05) is 0 Å². The molecule has 13 heavy (non-hydrogen) atoms. The van der Waals surface area contributed by atoms with Crippen molar-refractivity contribution >= 4 is 11.3 Å². The maximum Gasteiger partial charge on any atom is 0.222 e. The number of hydrogen-bond donors (Lipinski definition) is 0. The van der Waals surface area contributed by atoms with Crippen LogP contribution in [0.5, 0.6) is 0 Å². The Morgan fingerprint density at radius 3 is 2.62 bits per heavy atom. The first kappa shape index (κ1) is 10.7. The average molecular weight is 303 g/mol. The van der Waals surface area contributed by atoms with Crippen LogP contribution in [-0.2, 0) is 7.05 Å². The summed E-state index contributed by atoms with van der Waals surface area (Å²) in [5.41, 5.74) is 1.27. The van der Waals surface area contributed by atoms with Gasteiger partial charge in [0.05, 0.1) is 4.88 Å². The van der Waals surface area contributed by atoms with Crippen LogP contribution in [-0.4, -0.2) is 0 Å². The Morgan fingerprint density at radius 2 is 2.00 bits per heavy atom. The van der Waals surface area contributed by atoms with Crippen molar-refractivity contribution in [1.82, 2.24) is 0 Å². The molecule has 3 heteroatoms. The largest absolute Gasteiger partial charge is 1.00 e. The Kier molecular flexibility index (Phi) is 3.87. The molecule has 0 radical (unpaired) electrons. The van der Waals surface area contributed by atoms with Gasteiger partial charge in [0, 0.05) is 12.1 Å². The lowest BCUT2D eigenvalue weighted by atomic mass is 10.3. The van der Waals surface area contributed by atoms with Crippen LogP contribution < -0.4 is 28.5 Å². The maximum absolute atomic E-state index is 2.14. The lowest BCUT2D eigenvalue weighted by molar-refractivity contribution is -0.660. The van der Waals surface area contributed by atoms with Gasteiger partial charge in [-0.25, -0.2) is 4.57 Å². The van der Waals surface area contributed by atoms with Crippen LogP contribution in [0.3, 0.4) is 0 Å². The van der Waals surface area contributed by atoms with E-state index in [4.69, 9.17) is 0 Å². The molecule has 0 atom stereocenters. The lowest BCUT2D eigenvalue weighted by Gasteiger charge is -1.93. The van der Waals surface area contributed by atoms with Crippen molar-refractivity contribution in [2.45, 2.75) is 0 Å². The minimum absolute atomic E-state index is 0. The molecule has 0 unspecified atom stereocenters. The summed E-state index contributed by atoms with van der Waals surface area (Å²) in [5.74, 6) is 0. The number of aryl methyl sites for hydroxylation is 1. The molecule has 0 aromatic carbocycles. The zero-order valence-corrected chi connectivity index (χ0v) is 10.2. The van der Waals surface area contributed by atoms with Gasteiger partial charge < -0.3 is 24.0 Å². The van der Waals surface area contributed by atoms with Crippen molar-refractivity contribution in [2.24, 2.45) is 7.05 Å². The van der Waals surface area contributed by atoms with Crippen LogP contribution in [0, 0.1) is 0 Å². The van der Waals surface area contributed by atoms with E-state index >= 15 is 0 Å². The van der Waals surface area contributed by atoms with E-state index in [0.717, 1.165) is 0 Å². The molecular weight excluding hydrogens is 293 g/mol. The lowest BCUT2D eigenvalue weighted by Crippen LogP contribution is -3.00. The van der Waals surface area contributed by atoms with Crippen molar-refractivity contribution in [3.8, 4) is 10.6 Å². The summed E-state index contributed by atoms with van der Waals surface area (Å²) < 4.78 is 2.13. The summed E-state index contributed by atoms with van der Waals surface area (Å²) in [7, 11) is 2.06. The van der Waals surface area contributed by atoms with Crippen LogP contribution >= 0.6 is 11.3 Å². The predicted octanol–water partition coefficient (Wildman–Crippen LogP) is -0.756. The Balaban J connectivity index is 0.000000845. The highest BCUT2D eigenvalue weighted by atomic mass is 127. The molecule has 0 fully saturated rings. The van der Waals surface area contributed by atoms with Crippen molar-refractivity contribution in [1.29, 1.82) is 0 Å². The molecule has 0 saturated carbocycles. The molecule has 0 aliphatic carbocycles. The number of hydrogen-bond acceptors (Lipinski definition) is 1. The van der Waals surface area contributed by atoms with Gasteiger partial charge in [0.2, 0.25) is 5.69 Å². The molecule has 0 amide bonds. The summed E-state index contributed by atoms with van der Waals surface area (Å²) in [6.07, 6.45) is 2.06. The minimum Gasteiger partial charge on any atom is -1.00 e. The van der Waals surface area contributed by atoms with Crippen molar-refractivity contribution in [3.63, 3.8) is 0 Å². The molecule has 2 heterocycles. The molecule has 0 aliphatic rings. The van der Waals surface area contributed by atoms with Crippen molar-refractivity contribution < 1.29 is 28.5 Å². The maximum atomic E-state index is 2.14. The minimum atomic E-state index is 0. The SMILES string of the molecule is C[n+]1ccccc1-c1cccs1.[I-]. The van der Waals surface area contributed by atoms with E-state index in [0.29, 0.717) is 0 Å². The van der Waals surface area contributed by atoms with E-state index in [9.17, 15) is 0 Å². The number of pyridine rings is 1. The Hall–Kier alpha value is -0.420. The average Bonchev–Trinajstić information content (AvgIpc) is 2.57. The standard InChI is InChI=1S/C10H10NS.HI/c1-11-7-3-2-5-9(11)10-6-4-8-12-10;/h2-8H,1H3;1H/q+1;/p-1. The molecule has 0 N–H and O–H groups in total. The molecule has 0 bridgehead atoms. The van der Waals surface area contributed by atoms with Gasteiger partial charge in [0.1, 0.15) is 7.05 Å². The van der Waals surface area contributed by atoms with Gasteiger partial charge in [-0.3, -0.25) is 0 Å². The zero-order chi connectivity index (χ0) is 8.39. The highest BCUT2D eigenvalue weighted by Gasteiger charge is 2.07. The number of aromatic nitrogens is 1. The first-order valence-corrected chi connectivity index (χ1v) is 4.74. The van der Waals surface area contributed by atoms with Gasteiger partial charge in [0.25, 0.3) is 0 Å². The van der Waals surface area contributed by atoms with E-state index in [-0.39, 0.29) is 24.0 Å². The van der Waals surface area contributed by atoms with E-state index < -0.39 is 0 Å². The third kappa shape index (κ3) is 2.28. The molecule has 2 aromatic rings. The summed E-state index contributed by atoms with van der Waals surface area (Å²) in [4.78, 5) is 1.32. The third-order valence-corrected chi connectivity index (χ3v) is 2.72. The second-order valence-electron chi connectivity index (χ2n) is 2.67. The van der Waals surface area contributed by atoms with Gasteiger partial charge >= 0.3 is 0 Å². The second-order valence-corrected chi connectivity index (χ2v) is 3.62. The van der Waals surface area contributed by atoms with Crippen LogP contribution in [0.25, 0.3) is 10.6 Å². The highest BCUT2D eigenvalue weighted by molar-refractivity contribution is 7.13. The highest BCUT2D eigenvalue weighted by Crippen LogP contribution is 2.20. The molecule has 0 aliphatic heterocycles. The zero-order valence-electron chi connectivity index (χ0n) is 7.27. The summed E-state index contributed by atoms with van der Waals surface area (Å²) in [6, 6.07) is 10.4. The van der Waals surface area contributed by atoms with Gasteiger partial charge in [-0.15, -0.1) is 11.3 Å². The van der Waals surface area contributed by atoms with Gasteiger partial charge in [-0.1, -0.05) is 6.07 Å². The number of halogens is 1. The third-order valence-electron chi connectivity index (χ3n) is 1.83. The molecule has 2 rings (SSSR count). The molecular formula is C10H10INS. The molecule has 68 valence electrons. The fourth-order valence-corrected chi connectivity index (χ4v) is 2.00. The fourth-order valence-electron chi connectivity index (χ4n) is 1.20. The van der Waals surface area contributed by atoms with E-state index in [1.54, 1.807) is 11.3 Å². The molecule has 0 spiro atoms.